The van der Waals surface area contributed by atoms with Crippen LogP contribution in [0.3, 0.4) is 0 Å². The molecule has 3 heteroatoms. The van der Waals surface area contributed by atoms with Crippen LogP contribution in [-0.4, -0.2) is 27.9 Å². The first-order chi connectivity index (χ1) is 7.33. The first-order valence-electron chi connectivity index (χ1n) is 4.70. The monoisotopic (exact) mass is 208 g/mol. The van der Waals surface area contributed by atoms with E-state index in [9.17, 15) is 0 Å². The van der Waals surface area contributed by atoms with Gasteiger partial charge in [-0.05, 0) is 6.07 Å². The Labute approximate surface area is 90.3 Å². The topological polar surface area (TPSA) is 27.7 Å². The zero-order valence-electron chi connectivity index (χ0n) is 9.32. The highest BCUT2D eigenvalue weighted by Gasteiger charge is 2.05. The average molecular weight is 208 g/mol. The predicted molar refractivity (Wildman–Crippen MR) is 60.5 cm³/mol. The molecule has 0 aliphatic rings. The second-order valence-electron chi connectivity index (χ2n) is 2.94. The van der Waals surface area contributed by atoms with Gasteiger partial charge >= 0.3 is 0 Å². The van der Waals surface area contributed by atoms with E-state index in [1.165, 1.54) is 0 Å². The SMILES string of the molecule is COCC=Cc1cccc(OC)c1OC. The van der Waals surface area contributed by atoms with Crippen LogP contribution in [0.25, 0.3) is 6.08 Å². The molecule has 0 aliphatic heterocycles. The summed E-state index contributed by atoms with van der Waals surface area (Å²) in [6, 6.07) is 5.76. The van der Waals surface area contributed by atoms with Crippen molar-refractivity contribution in [2.24, 2.45) is 0 Å². The lowest BCUT2D eigenvalue weighted by molar-refractivity contribution is 0.234. The number of rotatable bonds is 5. The number of methoxy groups -OCH3 is 3. The van der Waals surface area contributed by atoms with Crippen LogP contribution in [0.2, 0.25) is 0 Å². The van der Waals surface area contributed by atoms with Crippen molar-refractivity contribution >= 4 is 6.08 Å². The third-order valence-electron chi connectivity index (χ3n) is 1.99. The van der Waals surface area contributed by atoms with Gasteiger partial charge in [0.2, 0.25) is 0 Å². The normalized spacial score (nSPS) is 10.6. The summed E-state index contributed by atoms with van der Waals surface area (Å²) in [5.74, 6) is 1.48. The van der Waals surface area contributed by atoms with Gasteiger partial charge < -0.3 is 14.2 Å². The molecule has 0 aromatic heterocycles. The Morgan fingerprint density at radius 3 is 2.53 bits per heavy atom. The molecule has 0 unspecified atom stereocenters. The van der Waals surface area contributed by atoms with Gasteiger partial charge in [0, 0.05) is 12.7 Å². The first-order valence-corrected chi connectivity index (χ1v) is 4.70. The highest BCUT2D eigenvalue weighted by Crippen LogP contribution is 2.31. The van der Waals surface area contributed by atoms with Crippen LogP contribution >= 0.6 is 0 Å². The van der Waals surface area contributed by atoms with E-state index in [1.807, 2.05) is 30.4 Å². The summed E-state index contributed by atoms with van der Waals surface area (Å²) in [6.07, 6.45) is 3.88. The lowest BCUT2D eigenvalue weighted by Gasteiger charge is -2.09. The van der Waals surface area contributed by atoms with E-state index < -0.39 is 0 Å². The summed E-state index contributed by atoms with van der Waals surface area (Å²) in [5, 5.41) is 0. The Hall–Kier alpha value is -1.48. The van der Waals surface area contributed by atoms with E-state index in [-0.39, 0.29) is 0 Å². The molecule has 1 aromatic carbocycles. The predicted octanol–water partition coefficient (Wildman–Crippen LogP) is 2.36. The van der Waals surface area contributed by atoms with Crippen LogP contribution in [0.5, 0.6) is 11.5 Å². The molecule has 15 heavy (non-hydrogen) atoms. The molecule has 0 aliphatic carbocycles. The summed E-state index contributed by atoms with van der Waals surface area (Å²) >= 11 is 0. The van der Waals surface area contributed by atoms with Crippen molar-refractivity contribution in [3.05, 3.63) is 29.8 Å². The van der Waals surface area contributed by atoms with Crippen LogP contribution in [0.1, 0.15) is 5.56 Å². The van der Waals surface area contributed by atoms with Gasteiger partial charge in [0.1, 0.15) is 0 Å². The number of ether oxygens (including phenoxy) is 3. The van der Waals surface area contributed by atoms with Crippen molar-refractivity contribution < 1.29 is 14.2 Å². The highest BCUT2D eigenvalue weighted by molar-refractivity contribution is 5.62. The minimum atomic E-state index is 0.584. The summed E-state index contributed by atoms with van der Waals surface area (Å²) in [4.78, 5) is 0. The summed E-state index contributed by atoms with van der Waals surface area (Å²) in [7, 11) is 4.92. The Kier molecular flexibility index (Phi) is 4.71. The molecule has 0 heterocycles. The number of benzene rings is 1. The van der Waals surface area contributed by atoms with Gasteiger partial charge in [0.15, 0.2) is 11.5 Å². The average Bonchev–Trinajstić information content (AvgIpc) is 2.29. The largest absolute Gasteiger partial charge is 0.493 e. The Morgan fingerprint density at radius 2 is 1.93 bits per heavy atom. The molecule has 0 atom stereocenters. The number of hydrogen-bond donors (Lipinski definition) is 0. The van der Waals surface area contributed by atoms with Crippen LogP contribution in [0.15, 0.2) is 24.3 Å². The van der Waals surface area contributed by atoms with Crippen molar-refractivity contribution in [1.82, 2.24) is 0 Å². The molecule has 0 radical (unpaired) electrons. The van der Waals surface area contributed by atoms with Gasteiger partial charge in [-0.15, -0.1) is 0 Å². The number of hydrogen-bond acceptors (Lipinski definition) is 3. The quantitative estimate of drug-likeness (QED) is 0.743. The minimum absolute atomic E-state index is 0.584. The third-order valence-corrected chi connectivity index (χ3v) is 1.99. The van der Waals surface area contributed by atoms with Crippen molar-refractivity contribution in [1.29, 1.82) is 0 Å². The fourth-order valence-corrected chi connectivity index (χ4v) is 1.31. The van der Waals surface area contributed by atoms with Crippen molar-refractivity contribution in [2.45, 2.75) is 0 Å². The Morgan fingerprint density at radius 1 is 1.13 bits per heavy atom. The Balaban J connectivity index is 2.95. The molecule has 3 nitrogen and oxygen atoms in total. The van der Waals surface area contributed by atoms with Crippen molar-refractivity contribution in [2.75, 3.05) is 27.9 Å². The lowest BCUT2D eigenvalue weighted by Crippen LogP contribution is -1.92. The smallest absolute Gasteiger partial charge is 0.167 e. The van der Waals surface area contributed by atoms with Gasteiger partial charge in [-0.3, -0.25) is 0 Å². The van der Waals surface area contributed by atoms with Gasteiger partial charge in [0.05, 0.1) is 20.8 Å². The maximum absolute atomic E-state index is 5.28. The molecule has 1 rings (SSSR count). The molecule has 0 fully saturated rings. The second kappa shape index (κ2) is 6.09. The van der Waals surface area contributed by atoms with Gasteiger partial charge in [-0.25, -0.2) is 0 Å². The van der Waals surface area contributed by atoms with E-state index in [4.69, 9.17) is 14.2 Å². The van der Waals surface area contributed by atoms with Gasteiger partial charge in [-0.2, -0.15) is 0 Å². The third kappa shape index (κ3) is 2.99. The van der Waals surface area contributed by atoms with Crippen molar-refractivity contribution in [3.8, 4) is 11.5 Å². The molecule has 82 valence electrons. The maximum atomic E-state index is 5.28. The number of para-hydroxylation sites is 1. The van der Waals surface area contributed by atoms with E-state index >= 15 is 0 Å². The van der Waals surface area contributed by atoms with Crippen LogP contribution in [0.4, 0.5) is 0 Å². The molecule has 0 saturated heterocycles. The molecule has 0 bridgehead atoms. The summed E-state index contributed by atoms with van der Waals surface area (Å²) < 4.78 is 15.4. The fourth-order valence-electron chi connectivity index (χ4n) is 1.31. The molecule has 0 N–H and O–H groups in total. The lowest BCUT2D eigenvalue weighted by atomic mass is 10.1. The zero-order valence-corrected chi connectivity index (χ0v) is 9.32. The summed E-state index contributed by atoms with van der Waals surface area (Å²) in [6.45, 7) is 0.584. The molecule has 0 saturated carbocycles. The standard InChI is InChI=1S/C12H16O3/c1-13-9-5-7-10-6-4-8-11(14-2)12(10)15-3/h4-8H,9H2,1-3H3. The molecule has 0 amide bonds. The maximum Gasteiger partial charge on any atom is 0.167 e. The van der Waals surface area contributed by atoms with Gasteiger partial charge in [0.25, 0.3) is 0 Å². The first kappa shape index (κ1) is 11.6. The van der Waals surface area contributed by atoms with Crippen molar-refractivity contribution in [3.63, 3.8) is 0 Å². The fraction of sp³-hybridized carbons (Fsp3) is 0.333. The molecular formula is C12H16O3. The minimum Gasteiger partial charge on any atom is -0.493 e. The van der Waals surface area contributed by atoms with Crippen LogP contribution < -0.4 is 9.47 Å². The van der Waals surface area contributed by atoms with E-state index in [0.717, 1.165) is 17.1 Å². The van der Waals surface area contributed by atoms with Crippen LogP contribution in [0, 0.1) is 0 Å². The zero-order chi connectivity index (χ0) is 11.1. The van der Waals surface area contributed by atoms with E-state index in [0.29, 0.717) is 6.61 Å². The summed E-state index contributed by atoms with van der Waals surface area (Å²) in [5.41, 5.74) is 0.980. The molecule has 1 aromatic rings. The van der Waals surface area contributed by atoms with E-state index in [2.05, 4.69) is 0 Å². The molecular weight excluding hydrogens is 192 g/mol. The highest BCUT2D eigenvalue weighted by atomic mass is 16.5. The second-order valence-corrected chi connectivity index (χ2v) is 2.94. The molecule has 0 spiro atoms. The van der Waals surface area contributed by atoms with Crippen LogP contribution in [-0.2, 0) is 4.74 Å². The van der Waals surface area contributed by atoms with E-state index in [1.54, 1.807) is 21.3 Å². The van der Waals surface area contributed by atoms with Gasteiger partial charge in [-0.1, -0.05) is 24.3 Å². The Bertz CT molecular complexity index is 332.